The molecular weight excluding hydrogens is 458 g/mol. The summed E-state index contributed by atoms with van der Waals surface area (Å²) in [6.07, 6.45) is 6.14. The van der Waals surface area contributed by atoms with Crippen molar-refractivity contribution < 1.29 is 18.6 Å². The third-order valence-electron chi connectivity index (χ3n) is 9.34. The maximum absolute atomic E-state index is 14.0. The first-order chi connectivity index (χ1) is 17.2. The molecule has 4 fully saturated rings. The largest absolute Gasteiger partial charge is 0.380 e. The van der Waals surface area contributed by atoms with Gasteiger partial charge in [0.1, 0.15) is 5.60 Å². The van der Waals surface area contributed by atoms with Crippen molar-refractivity contribution in [2.24, 2.45) is 5.41 Å². The fourth-order valence-electron chi connectivity index (χ4n) is 7.17. The highest BCUT2D eigenvalue weighted by atomic mass is 19.3. The van der Waals surface area contributed by atoms with Crippen LogP contribution in [-0.4, -0.2) is 40.7 Å². The minimum atomic E-state index is -2.52. The number of nitrogens with zero attached hydrogens (tertiary/aromatic N) is 1. The lowest BCUT2D eigenvalue weighted by molar-refractivity contribution is -0.186. The Labute approximate surface area is 210 Å². The highest BCUT2D eigenvalue weighted by molar-refractivity contribution is 5.87. The zero-order valence-corrected chi connectivity index (χ0v) is 20.8. The molecule has 190 valence electrons. The van der Waals surface area contributed by atoms with E-state index in [0.717, 1.165) is 37.1 Å². The summed E-state index contributed by atoms with van der Waals surface area (Å²) in [6, 6.07) is 12.8. The number of nitrogens with one attached hydrogen (secondary N) is 1. The molecule has 3 heterocycles. The average Bonchev–Trinajstić information content (AvgIpc) is 3.54. The third kappa shape index (κ3) is 3.72. The molecule has 2 aliphatic carbocycles. The van der Waals surface area contributed by atoms with Gasteiger partial charge in [0.05, 0.1) is 13.2 Å². The van der Waals surface area contributed by atoms with E-state index in [1.807, 2.05) is 18.3 Å². The molecule has 2 saturated heterocycles. The van der Waals surface area contributed by atoms with E-state index in [1.54, 1.807) is 0 Å². The number of H-pyrrole nitrogens is 1. The van der Waals surface area contributed by atoms with E-state index in [0.29, 0.717) is 19.1 Å². The molecule has 1 atom stereocenters. The van der Waals surface area contributed by atoms with Crippen molar-refractivity contribution in [3.05, 3.63) is 70.4 Å². The topological polar surface area (TPSA) is 48.5 Å². The summed E-state index contributed by atoms with van der Waals surface area (Å²) in [5.41, 5.74) is 6.23. The minimum absolute atomic E-state index is 0.0133. The van der Waals surface area contributed by atoms with E-state index in [-0.39, 0.29) is 24.3 Å². The molecular formula is C30H34F2N2O2. The molecule has 2 aliphatic heterocycles. The van der Waals surface area contributed by atoms with Gasteiger partial charge in [-0.15, -0.1) is 0 Å². The molecule has 0 radical (unpaired) electrons. The molecule has 36 heavy (non-hydrogen) atoms. The standard InChI is InChI=1S/C30H34F2N2O2/c1-19-12-24(20-2-3-20)25(23-8-10-33-27(19)23)14-34-11-9-28(15-30(31,32)16-28)13-26(34)21-4-6-22(7-5-21)29(35)17-36-18-29/h4-8,10,12,20,26,33,35H,2-3,9,11,13-18H2,1H3. The predicted molar refractivity (Wildman–Crippen MR) is 135 cm³/mol. The smallest absolute Gasteiger partial charge is 0.249 e. The third-order valence-corrected chi connectivity index (χ3v) is 9.34. The van der Waals surface area contributed by atoms with Crippen LogP contribution in [0.4, 0.5) is 8.78 Å². The van der Waals surface area contributed by atoms with Crippen LogP contribution in [0.2, 0.25) is 0 Å². The van der Waals surface area contributed by atoms with Gasteiger partial charge in [0, 0.05) is 42.5 Å². The molecule has 1 spiro atoms. The van der Waals surface area contributed by atoms with E-state index in [9.17, 15) is 13.9 Å². The number of aryl methyl sites for hydroxylation is 1. The van der Waals surface area contributed by atoms with Crippen LogP contribution in [0.5, 0.6) is 0 Å². The Morgan fingerprint density at radius 1 is 1.11 bits per heavy atom. The second-order valence-corrected chi connectivity index (χ2v) is 12.1. The van der Waals surface area contributed by atoms with Gasteiger partial charge in [-0.2, -0.15) is 0 Å². The Balaban J connectivity index is 1.24. The summed E-state index contributed by atoms with van der Waals surface area (Å²) in [4.78, 5) is 5.96. The molecule has 0 amide bonds. The maximum atomic E-state index is 14.0. The molecule has 7 rings (SSSR count). The Kier molecular flexibility index (Phi) is 5.00. The maximum Gasteiger partial charge on any atom is 0.249 e. The normalized spacial score (nSPS) is 26.6. The van der Waals surface area contributed by atoms with Crippen molar-refractivity contribution in [2.75, 3.05) is 19.8 Å². The predicted octanol–water partition coefficient (Wildman–Crippen LogP) is 6.32. The number of hydrogen-bond donors (Lipinski definition) is 2. The van der Waals surface area contributed by atoms with Gasteiger partial charge in [0.25, 0.3) is 0 Å². The second-order valence-electron chi connectivity index (χ2n) is 12.1. The van der Waals surface area contributed by atoms with Crippen molar-refractivity contribution in [3.8, 4) is 0 Å². The van der Waals surface area contributed by atoms with E-state index in [4.69, 9.17) is 4.74 Å². The zero-order chi connectivity index (χ0) is 24.7. The van der Waals surface area contributed by atoms with Crippen molar-refractivity contribution in [2.45, 2.75) is 75.5 Å². The van der Waals surface area contributed by atoms with E-state index in [2.05, 4.69) is 41.1 Å². The van der Waals surface area contributed by atoms with Gasteiger partial charge in [-0.3, -0.25) is 4.90 Å². The van der Waals surface area contributed by atoms with Crippen LogP contribution in [0.1, 0.15) is 78.3 Å². The Hall–Kier alpha value is -2.28. The number of aromatic nitrogens is 1. The molecule has 1 aromatic heterocycles. The highest BCUT2D eigenvalue weighted by Gasteiger charge is 2.58. The average molecular weight is 493 g/mol. The number of ether oxygens (including phenoxy) is 1. The van der Waals surface area contributed by atoms with Crippen LogP contribution >= 0.6 is 0 Å². The first-order valence-electron chi connectivity index (χ1n) is 13.4. The quantitative estimate of drug-likeness (QED) is 0.438. The van der Waals surface area contributed by atoms with Gasteiger partial charge in [-0.25, -0.2) is 8.78 Å². The van der Waals surface area contributed by atoms with Gasteiger partial charge >= 0.3 is 0 Å². The molecule has 2 N–H and O–H groups in total. The first-order valence-corrected chi connectivity index (χ1v) is 13.4. The molecule has 2 aromatic carbocycles. The number of fused-ring (bicyclic) bond motifs is 1. The van der Waals surface area contributed by atoms with Crippen LogP contribution in [0.3, 0.4) is 0 Å². The van der Waals surface area contributed by atoms with Gasteiger partial charge in [-0.05, 0) is 84.4 Å². The SMILES string of the molecule is Cc1cc(C2CC2)c(CN2CCC3(CC2c2ccc(C4(O)COC4)cc2)CC(F)(F)C3)c2cc[nH]c12. The molecule has 3 aromatic rings. The Bertz CT molecular complexity index is 1300. The van der Waals surface area contributed by atoms with Crippen LogP contribution in [0, 0.1) is 12.3 Å². The van der Waals surface area contributed by atoms with Crippen molar-refractivity contribution in [1.82, 2.24) is 9.88 Å². The number of rotatable bonds is 5. The number of aliphatic hydroxyl groups is 1. The van der Waals surface area contributed by atoms with E-state index < -0.39 is 11.5 Å². The summed E-state index contributed by atoms with van der Waals surface area (Å²) in [5, 5.41) is 12.0. The van der Waals surface area contributed by atoms with Crippen LogP contribution < -0.4 is 0 Å². The number of benzene rings is 2. The summed E-state index contributed by atoms with van der Waals surface area (Å²) in [7, 11) is 0. The second kappa shape index (κ2) is 7.86. The van der Waals surface area contributed by atoms with Gasteiger partial charge in [0.2, 0.25) is 5.92 Å². The summed E-state index contributed by atoms with van der Waals surface area (Å²) < 4.78 is 33.3. The summed E-state index contributed by atoms with van der Waals surface area (Å²) in [6.45, 7) is 4.48. The summed E-state index contributed by atoms with van der Waals surface area (Å²) >= 11 is 0. The molecule has 2 saturated carbocycles. The van der Waals surface area contributed by atoms with Gasteiger partial charge in [0.15, 0.2) is 0 Å². The first kappa shape index (κ1) is 22.9. The van der Waals surface area contributed by atoms with Gasteiger partial charge in [-0.1, -0.05) is 30.3 Å². The Morgan fingerprint density at radius 3 is 2.50 bits per heavy atom. The highest BCUT2D eigenvalue weighted by Crippen LogP contribution is 2.60. The lowest BCUT2D eigenvalue weighted by atomic mass is 9.59. The number of alkyl halides is 2. The zero-order valence-electron chi connectivity index (χ0n) is 20.8. The van der Waals surface area contributed by atoms with Crippen molar-refractivity contribution in [1.29, 1.82) is 0 Å². The lowest BCUT2D eigenvalue weighted by Gasteiger charge is -2.55. The molecule has 0 bridgehead atoms. The van der Waals surface area contributed by atoms with E-state index >= 15 is 0 Å². The molecule has 4 nitrogen and oxygen atoms in total. The fourth-order valence-corrected chi connectivity index (χ4v) is 7.17. The van der Waals surface area contributed by atoms with Gasteiger partial charge < -0.3 is 14.8 Å². The minimum Gasteiger partial charge on any atom is -0.380 e. The van der Waals surface area contributed by atoms with Crippen LogP contribution in [0.25, 0.3) is 10.9 Å². The van der Waals surface area contributed by atoms with Crippen LogP contribution in [0.15, 0.2) is 42.6 Å². The number of hydrogen-bond acceptors (Lipinski definition) is 3. The molecule has 6 heteroatoms. The Morgan fingerprint density at radius 2 is 1.86 bits per heavy atom. The monoisotopic (exact) mass is 492 g/mol. The van der Waals surface area contributed by atoms with Crippen molar-refractivity contribution in [3.63, 3.8) is 0 Å². The van der Waals surface area contributed by atoms with Crippen molar-refractivity contribution >= 4 is 10.9 Å². The molecule has 1 unspecified atom stereocenters. The van der Waals surface area contributed by atoms with E-state index in [1.165, 1.54) is 40.4 Å². The lowest BCUT2D eigenvalue weighted by Crippen LogP contribution is -2.53. The summed E-state index contributed by atoms with van der Waals surface area (Å²) in [5.74, 6) is -1.88. The number of piperidine rings is 1. The number of aromatic amines is 1. The fraction of sp³-hybridized carbons (Fsp3) is 0.533. The number of likely N-dealkylation sites (tertiary alicyclic amines) is 1. The number of halogens is 2. The molecule has 4 aliphatic rings. The van der Waals surface area contributed by atoms with Crippen LogP contribution in [-0.2, 0) is 16.9 Å².